The number of benzene rings is 2. The first kappa shape index (κ1) is 34.1. The zero-order chi connectivity index (χ0) is 32.7. The Kier molecular flexibility index (Phi) is 11.1. The van der Waals surface area contributed by atoms with Crippen LogP contribution < -0.4 is 10.6 Å². The lowest BCUT2D eigenvalue weighted by Crippen LogP contribution is -2.47. The first-order chi connectivity index (χ1) is 20.5. The van der Waals surface area contributed by atoms with Crippen LogP contribution in [0, 0.1) is 0 Å². The Balaban J connectivity index is 1.66. The summed E-state index contributed by atoms with van der Waals surface area (Å²) < 4.78 is 16.4. The number of aliphatic carboxylic acids is 1. The SMILES string of the molecule is CC(C)(C)OC(=O)C(CCC(=O)O)NC(=O)CCC(NC(=O)OCC1c2ccccc2-c2ccccc21)C(=O)OC(C)(C)C. The number of amides is 2. The van der Waals surface area contributed by atoms with Crippen LogP contribution in [0.15, 0.2) is 48.5 Å². The van der Waals surface area contributed by atoms with Gasteiger partial charge in [0.1, 0.15) is 29.9 Å². The van der Waals surface area contributed by atoms with Gasteiger partial charge in [-0.3, -0.25) is 9.59 Å². The molecule has 44 heavy (non-hydrogen) atoms. The summed E-state index contributed by atoms with van der Waals surface area (Å²) in [6.45, 7) is 10.0. The van der Waals surface area contributed by atoms with E-state index in [4.69, 9.17) is 19.3 Å². The van der Waals surface area contributed by atoms with E-state index in [9.17, 15) is 24.0 Å². The zero-order valence-electron chi connectivity index (χ0n) is 26.1. The van der Waals surface area contributed by atoms with Crippen LogP contribution in [-0.4, -0.2) is 64.9 Å². The summed E-state index contributed by atoms with van der Waals surface area (Å²) in [4.78, 5) is 62.5. The molecular formula is C33H42N2O9. The maximum absolute atomic E-state index is 13.0. The first-order valence-corrected chi connectivity index (χ1v) is 14.6. The summed E-state index contributed by atoms with van der Waals surface area (Å²) in [5.74, 6) is -3.48. The van der Waals surface area contributed by atoms with Gasteiger partial charge in [-0.05, 0) is 76.6 Å². The number of alkyl carbamates (subject to hydrolysis) is 1. The van der Waals surface area contributed by atoms with Crippen LogP contribution in [-0.2, 0) is 33.4 Å². The second kappa shape index (κ2) is 14.4. The Hall–Kier alpha value is -4.41. The highest BCUT2D eigenvalue weighted by molar-refractivity contribution is 5.86. The van der Waals surface area contributed by atoms with E-state index in [1.165, 1.54) is 0 Å². The third kappa shape index (κ3) is 10.1. The average molecular weight is 611 g/mol. The minimum atomic E-state index is -1.23. The number of carbonyl (C=O) groups excluding carboxylic acids is 4. The van der Waals surface area contributed by atoms with Crippen molar-refractivity contribution >= 4 is 29.9 Å². The lowest BCUT2D eigenvalue weighted by atomic mass is 9.98. The van der Waals surface area contributed by atoms with Gasteiger partial charge in [0, 0.05) is 18.8 Å². The number of rotatable bonds is 12. The van der Waals surface area contributed by atoms with Gasteiger partial charge in [-0.15, -0.1) is 0 Å². The van der Waals surface area contributed by atoms with E-state index in [0.717, 1.165) is 22.3 Å². The van der Waals surface area contributed by atoms with Gasteiger partial charge in [-0.1, -0.05) is 48.5 Å². The normalized spacial score (nSPS) is 14.0. The summed E-state index contributed by atoms with van der Waals surface area (Å²) in [6, 6.07) is 13.4. The maximum Gasteiger partial charge on any atom is 0.407 e. The van der Waals surface area contributed by atoms with Crippen LogP contribution in [0.25, 0.3) is 11.1 Å². The van der Waals surface area contributed by atoms with Crippen LogP contribution in [0.5, 0.6) is 0 Å². The van der Waals surface area contributed by atoms with Crippen LogP contribution >= 0.6 is 0 Å². The van der Waals surface area contributed by atoms with Crippen LogP contribution in [0.2, 0.25) is 0 Å². The van der Waals surface area contributed by atoms with Crippen molar-refractivity contribution in [3.63, 3.8) is 0 Å². The van der Waals surface area contributed by atoms with Crippen molar-refractivity contribution < 1.29 is 43.3 Å². The van der Waals surface area contributed by atoms with Crippen LogP contribution in [0.1, 0.15) is 84.3 Å². The van der Waals surface area contributed by atoms with Gasteiger partial charge in [0.2, 0.25) is 5.91 Å². The number of hydrogen-bond donors (Lipinski definition) is 3. The van der Waals surface area contributed by atoms with E-state index in [1.54, 1.807) is 41.5 Å². The highest BCUT2D eigenvalue weighted by Gasteiger charge is 2.32. The predicted octanol–water partition coefficient (Wildman–Crippen LogP) is 4.71. The topological polar surface area (TPSA) is 157 Å². The van der Waals surface area contributed by atoms with E-state index in [1.807, 2.05) is 48.5 Å². The van der Waals surface area contributed by atoms with E-state index in [-0.39, 0.29) is 38.2 Å². The van der Waals surface area contributed by atoms with E-state index < -0.39 is 53.2 Å². The molecule has 0 fully saturated rings. The molecule has 1 aliphatic carbocycles. The van der Waals surface area contributed by atoms with E-state index in [0.29, 0.717) is 0 Å². The van der Waals surface area contributed by atoms with Gasteiger partial charge in [0.05, 0.1) is 0 Å². The summed E-state index contributed by atoms with van der Waals surface area (Å²) in [5.41, 5.74) is 2.50. The number of carbonyl (C=O) groups is 5. The molecule has 0 heterocycles. The molecule has 0 radical (unpaired) electrons. The third-order valence-electron chi connectivity index (χ3n) is 6.66. The molecule has 11 heteroatoms. The summed E-state index contributed by atoms with van der Waals surface area (Å²) in [6.07, 6.45) is -1.83. The smallest absolute Gasteiger partial charge is 0.407 e. The van der Waals surface area contributed by atoms with E-state index in [2.05, 4.69) is 10.6 Å². The fourth-order valence-corrected chi connectivity index (χ4v) is 4.84. The molecule has 2 amide bonds. The molecule has 0 saturated carbocycles. The minimum absolute atomic E-state index is 0.0303. The Labute approximate surface area is 257 Å². The molecule has 2 unspecified atom stereocenters. The van der Waals surface area contributed by atoms with Crippen molar-refractivity contribution in [3.8, 4) is 11.1 Å². The van der Waals surface area contributed by atoms with Gasteiger partial charge in [-0.2, -0.15) is 0 Å². The lowest BCUT2D eigenvalue weighted by Gasteiger charge is -2.25. The van der Waals surface area contributed by atoms with Gasteiger partial charge in [0.15, 0.2) is 0 Å². The molecular weight excluding hydrogens is 568 g/mol. The number of nitrogens with one attached hydrogen (secondary N) is 2. The zero-order valence-corrected chi connectivity index (χ0v) is 26.1. The van der Waals surface area contributed by atoms with Gasteiger partial charge >= 0.3 is 24.0 Å². The van der Waals surface area contributed by atoms with Gasteiger partial charge in [0.25, 0.3) is 0 Å². The summed E-state index contributed by atoms with van der Waals surface area (Å²) in [7, 11) is 0. The van der Waals surface area contributed by atoms with Crippen molar-refractivity contribution in [1.29, 1.82) is 0 Å². The molecule has 1 aliphatic rings. The standard InChI is InChI=1S/C33H42N2O9/c1-32(2,3)43-29(39)25(16-18-28(37)38)34-27(36)17-15-26(30(40)44-33(4,5)6)35-31(41)42-19-24-22-13-9-7-11-20(22)21-12-8-10-14-23(21)24/h7-14,24-26H,15-19H2,1-6H3,(H,34,36)(H,35,41)(H,37,38). The van der Waals surface area contributed by atoms with Crippen molar-refractivity contribution in [2.45, 2.75) is 96.4 Å². The Morgan fingerprint density at radius 3 is 1.66 bits per heavy atom. The minimum Gasteiger partial charge on any atom is -0.481 e. The van der Waals surface area contributed by atoms with Gasteiger partial charge in [-0.25, -0.2) is 14.4 Å². The number of esters is 2. The number of carboxylic acid groups (broad SMARTS) is 1. The molecule has 0 saturated heterocycles. The van der Waals surface area contributed by atoms with Crippen molar-refractivity contribution in [3.05, 3.63) is 59.7 Å². The molecule has 2 atom stereocenters. The summed E-state index contributed by atoms with van der Waals surface area (Å²) >= 11 is 0. The second-order valence-electron chi connectivity index (χ2n) is 12.7. The molecule has 3 N–H and O–H groups in total. The Morgan fingerprint density at radius 1 is 0.727 bits per heavy atom. The molecule has 0 spiro atoms. The molecule has 238 valence electrons. The predicted molar refractivity (Wildman–Crippen MR) is 162 cm³/mol. The number of carboxylic acids is 1. The van der Waals surface area contributed by atoms with Crippen molar-refractivity contribution in [2.75, 3.05) is 6.61 Å². The molecule has 0 aromatic heterocycles. The highest BCUT2D eigenvalue weighted by Crippen LogP contribution is 2.44. The van der Waals surface area contributed by atoms with Gasteiger partial charge < -0.3 is 30.0 Å². The number of ether oxygens (including phenoxy) is 3. The number of hydrogen-bond acceptors (Lipinski definition) is 8. The largest absolute Gasteiger partial charge is 0.481 e. The quantitative estimate of drug-likeness (QED) is 0.229. The van der Waals surface area contributed by atoms with Crippen molar-refractivity contribution in [1.82, 2.24) is 10.6 Å². The fourth-order valence-electron chi connectivity index (χ4n) is 4.84. The lowest BCUT2D eigenvalue weighted by molar-refractivity contribution is -0.160. The molecule has 0 aliphatic heterocycles. The van der Waals surface area contributed by atoms with Crippen LogP contribution in [0.4, 0.5) is 4.79 Å². The second-order valence-corrected chi connectivity index (χ2v) is 12.7. The van der Waals surface area contributed by atoms with Crippen LogP contribution in [0.3, 0.4) is 0 Å². The first-order valence-electron chi connectivity index (χ1n) is 14.6. The van der Waals surface area contributed by atoms with Crippen molar-refractivity contribution in [2.24, 2.45) is 0 Å². The Morgan fingerprint density at radius 2 is 1.18 bits per heavy atom. The molecule has 11 nitrogen and oxygen atoms in total. The molecule has 2 aromatic carbocycles. The fraction of sp³-hybridized carbons (Fsp3) is 0.485. The Bertz CT molecular complexity index is 1330. The molecule has 3 rings (SSSR count). The maximum atomic E-state index is 13.0. The monoisotopic (exact) mass is 610 g/mol. The average Bonchev–Trinajstić information content (AvgIpc) is 3.23. The third-order valence-corrected chi connectivity index (χ3v) is 6.66. The number of fused-ring (bicyclic) bond motifs is 3. The highest BCUT2D eigenvalue weighted by atomic mass is 16.6. The molecule has 0 bridgehead atoms. The molecule has 2 aromatic rings. The van der Waals surface area contributed by atoms with E-state index >= 15 is 0 Å². The summed E-state index contributed by atoms with van der Waals surface area (Å²) in [5, 5.41) is 14.1.